The Labute approximate surface area is 190 Å². The van der Waals surface area contributed by atoms with Crippen molar-refractivity contribution in [2.75, 3.05) is 25.4 Å². The number of hydrogen-bond donors (Lipinski definition) is 0. The first-order chi connectivity index (χ1) is 14.8. The van der Waals surface area contributed by atoms with Gasteiger partial charge in [-0.05, 0) is 70.0 Å². The molecular formula is C23H39NO6S. The largest absolute Gasteiger partial charge is 0.449 e. The van der Waals surface area contributed by atoms with Crippen LogP contribution in [0.4, 0.5) is 4.79 Å². The van der Waals surface area contributed by atoms with Crippen molar-refractivity contribution in [1.29, 1.82) is 0 Å². The second-order valence-electron chi connectivity index (χ2n) is 9.78. The van der Waals surface area contributed by atoms with Gasteiger partial charge in [-0.2, -0.15) is 0 Å². The van der Waals surface area contributed by atoms with E-state index < -0.39 is 11.4 Å². The molecule has 0 N–H and O–H groups in total. The first-order valence-corrected chi connectivity index (χ1v) is 13.1. The number of nitrogens with zero attached hydrogens (tertiary/aromatic N) is 1. The molecule has 4 heterocycles. The molecule has 1 saturated carbocycles. The van der Waals surface area contributed by atoms with Crippen LogP contribution in [0.25, 0.3) is 0 Å². The molecule has 1 unspecified atom stereocenters. The maximum atomic E-state index is 12.0. The summed E-state index contributed by atoms with van der Waals surface area (Å²) in [6.07, 6.45) is 4.41. The molecule has 4 aliphatic heterocycles. The summed E-state index contributed by atoms with van der Waals surface area (Å²) in [6.45, 7) is 12.3. The van der Waals surface area contributed by atoms with Gasteiger partial charge in [0.1, 0.15) is 5.44 Å². The SMILES string of the molecule is CCN(CC)C(=O)OCCCS[C@@H]1O[C@@H]2OC3(C)CC[C@H]4[C@H](C)CC[C@@H]([C@H]1C)[C@@]24OO3. The Hall–Kier alpha value is -0.540. The number of thioether (sulfide) groups is 1. The van der Waals surface area contributed by atoms with Crippen molar-refractivity contribution >= 4 is 17.9 Å². The first kappa shape index (κ1) is 23.6. The Morgan fingerprint density at radius 2 is 1.90 bits per heavy atom. The van der Waals surface area contributed by atoms with Gasteiger partial charge in [0.15, 0.2) is 11.9 Å². The minimum atomic E-state index is -0.730. The van der Waals surface area contributed by atoms with E-state index in [1.807, 2.05) is 20.8 Å². The highest BCUT2D eigenvalue weighted by molar-refractivity contribution is 7.99. The summed E-state index contributed by atoms with van der Waals surface area (Å²) >= 11 is 1.80. The van der Waals surface area contributed by atoms with Crippen molar-refractivity contribution in [3.05, 3.63) is 0 Å². The Kier molecular flexibility index (Phi) is 7.14. The quantitative estimate of drug-likeness (QED) is 0.402. The molecule has 7 nitrogen and oxygen atoms in total. The summed E-state index contributed by atoms with van der Waals surface area (Å²) < 4.78 is 18.4. The third-order valence-corrected chi connectivity index (χ3v) is 9.31. The second-order valence-corrected chi connectivity index (χ2v) is 11.0. The normalized spacial score (nSPS) is 43.8. The van der Waals surface area contributed by atoms with E-state index in [0.29, 0.717) is 43.4 Å². The molecule has 8 atom stereocenters. The molecule has 1 aliphatic carbocycles. The van der Waals surface area contributed by atoms with Crippen molar-refractivity contribution in [2.45, 2.75) is 89.8 Å². The molecule has 2 bridgehead atoms. The summed E-state index contributed by atoms with van der Waals surface area (Å²) in [5, 5.41) is 0. The molecule has 5 rings (SSSR count). The Bertz CT molecular complexity index is 648. The molecule has 1 spiro atoms. The lowest BCUT2D eigenvalue weighted by Gasteiger charge is -2.60. The third kappa shape index (κ3) is 4.23. The molecule has 4 saturated heterocycles. The highest BCUT2D eigenvalue weighted by Crippen LogP contribution is 2.61. The zero-order valence-electron chi connectivity index (χ0n) is 19.6. The van der Waals surface area contributed by atoms with Crippen LogP contribution in [0.5, 0.6) is 0 Å². The first-order valence-electron chi connectivity index (χ1n) is 12.1. The third-order valence-electron chi connectivity index (χ3n) is 7.92. The molecule has 0 aromatic rings. The summed E-state index contributed by atoms with van der Waals surface area (Å²) in [4.78, 5) is 25.8. The summed E-state index contributed by atoms with van der Waals surface area (Å²) in [5.74, 6) is 1.81. The molecule has 31 heavy (non-hydrogen) atoms. The van der Waals surface area contributed by atoms with E-state index in [2.05, 4.69) is 13.8 Å². The predicted octanol–water partition coefficient (Wildman–Crippen LogP) is 4.80. The molecule has 1 amide bonds. The highest BCUT2D eigenvalue weighted by Gasteiger charge is 2.69. The standard InChI is InChI=1S/C23H39NO6S/c1-6-24(7-2)21(25)26-13-8-14-31-19-16(4)18-10-9-15(3)17-11-12-22(5)28-20(27-19)23(17,18)30-29-22/h15-20H,6-14H2,1-5H3/t15-,16-,17+,18+,19+,20-,22?,23-/m1/s1. The van der Waals surface area contributed by atoms with E-state index >= 15 is 0 Å². The lowest BCUT2D eigenvalue weighted by atomic mass is 9.58. The van der Waals surface area contributed by atoms with Gasteiger partial charge in [0, 0.05) is 25.4 Å². The number of carbonyl (C=O) groups is 1. The summed E-state index contributed by atoms with van der Waals surface area (Å²) in [6, 6.07) is 0. The van der Waals surface area contributed by atoms with Gasteiger partial charge in [-0.15, -0.1) is 11.8 Å². The van der Waals surface area contributed by atoms with E-state index in [-0.39, 0.29) is 17.8 Å². The number of ether oxygens (including phenoxy) is 3. The van der Waals surface area contributed by atoms with Gasteiger partial charge in [-0.25, -0.2) is 14.6 Å². The zero-order chi connectivity index (χ0) is 22.2. The van der Waals surface area contributed by atoms with Crippen LogP contribution in [-0.4, -0.2) is 59.6 Å². The van der Waals surface area contributed by atoms with Gasteiger partial charge in [0.2, 0.25) is 5.79 Å². The fourth-order valence-corrected chi connectivity index (χ4v) is 7.24. The summed E-state index contributed by atoms with van der Waals surface area (Å²) in [7, 11) is 0. The second kappa shape index (κ2) is 9.37. The van der Waals surface area contributed by atoms with E-state index in [4.69, 9.17) is 24.0 Å². The molecule has 0 radical (unpaired) electrons. The average molecular weight is 458 g/mol. The minimum Gasteiger partial charge on any atom is -0.449 e. The molecular weight excluding hydrogens is 418 g/mol. The van der Waals surface area contributed by atoms with Crippen molar-refractivity contribution in [3.8, 4) is 0 Å². The molecule has 5 aliphatic rings. The highest BCUT2D eigenvalue weighted by atomic mass is 32.2. The molecule has 0 aromatic carbocycles. The number of fused-ring (bicyclic) bond motifs is 2. The van der Waals surface area contributed by atoms with Crippen LogP contribution in [0, 0.1) is 23.7 Å². The lowest BCUT2D eigenvalue weighted by molar-refractivity contribution is -0.568. The van der Waals surface area contributed by atoms with Gasteiger partial charge < -0.3 is 19.1 Å². The van der Waals surface area contributed by atoms with Crippen molar-refractivity contribution in [3.63, 3.8) is 0 Å². The smallest absolute Gasteiger partial charge is 0.409 e. The van der Waals surface area contributed by atoms with Crippen LogP contribution in [-0.2, 0) is 24.0 Å². The van der Waals surface area contributed by atoms with Crippen molar-refractivity contribution in [1.82, 2.24) is 4.90 Å². The number of hydrogen-bond acceptors (Lipinski definition) is 7. The van der Waals surface area contributed by atoms with Gasteiger partial charge in [0.25, 0.3) is 0 Å². The van der Waals surface area contributed by atoms with Crippen LogP contribution in [0.1, 0.15) is 66.7 Å². The molecule has 8 heteroatoms. The molecule has 5 fully saturated rings. The number of carbonyl (C=O) groups excluding carboxylic acids is 1. The molecule has 178 valence electrons. The Morgan fingerprint density at radius 3 is 2.65 bits per heavy atom. The number of rotatable bonds is 7. The maximum Gasteiger partial charge on any atom is 0.409 e. The Morgan fingerprint density at radius 1 is 1.13 bits per heavy atom. The lowest BCUT2D eigenvalue weighted by Crippen LogP contribution is -2.70. The van der Waals surface area contributed by atoms with Crippen molar-refractivity contribution in [2.24, 2.45) is 23.7 Å². The topological polar surface area (TPSA) is 66.5 Å². The van der Waals surface area contributed by atoms with Gasteiger partial charge in [-0.1, -0.05) is 13.8 Å². The predicted molar refractivity (Wildman–Crippen MR) is 118 cm³/mol. The Balaban J connectivity index is 1.36. The van der Waals surface area contributed by atoms with Crippen molar-refractivity contribution < 1.29 is 28.8 Å². The van der Waals surface area contributed by atoms with Crippen LogP contribution >= 0.6 is 11.8 Å². The molecule has 0 aromatic heterocycles. The zero-order valence-corrected chi connectivity index (χ0v) is 20.4. The fraction of sp³-hybridized carbons (Fsp3) is 0.957. The van der Waals surface area contributed by atoms with Gasteiger partial charge >= 0.3 is 6.09 Å². The number of amides is 1. The summed E-state index contributed by atoms with van der Waals surface area (Å²) in [5.41, 5.74) is -0.455. The monoisotopic (exact) mass is 457 g/mol. The van der Waals surface area contributed by atoms with E-state index in [9.17, 15) is 4.79 Å². The van der Waals surface area contributed by atoms with Gasteiger partial charge in [0.05, 0.1) is 6.61 Å². The maximum absolute atomic E-state index is 12.0. The van der Waals surface area contributed by atoms with E-state index in [0.717, 1.165) is 31.4 Å². The van der Waals surface area contributed by atoms with Gasteiger partial charge in [-0.3, -0.25) is 0 Å². The fourth-order valence-electron chi connectivity index (χ4n) is 6.05. The van der Waals surface area contributed by atoms with Crippen LogP contribution in [0.2, 0.25) is 0 Å². The minimum absolute atomic E-state index is 0.0414. The van der Waals surface area contributed by atoms with Crippen LogP contribution in [0.3, 0.4) is 0 Å². The van der Waals surface area contributed by atoms with E-state index in [1.54, 1.807) is 16.7 Å². The van der Waals surface area contributed by atoms with Crippen LogP contribution in [0.15, 0.2) is 0 Å². The van der Waals surface area contributed by atoms with Crippen LogP contribution < -0.4 is 0 Å². The average Bonchev–Trinajstić information content (AvgIpc) is 2.98. The van der Waals surface area contributed by atoms with E-state index in [1.165, 1.54) is 6.42 Å².